The van der Waals surface area contributed by atoms with Crippen LogP contribution in [0.3, 0.4) is 0 Å². The van der Waals surface area contributed by atoms with Crippen LogP contribution in [0.25, 0.3) is 0 Å². The molecule has 4 nitrogen and oxygen atoms in total. The molecule has 14 heavy (non-hydrogen) atoms. The van der Waals surface area contributed by atoms with E-state index in [2.05, 4.69) is 0 Å². The Labute approximate surface area is 84.9 Å². The van der Waals surface area contributed by atoms with Crippen molar-refractivity contribution in [3.63, 3.8) is 0 Å². The van der Waals surface area contributed by atoms with Gasteiger partial charge in [0, 0.05) is 25.9 Å². The number of amidine groups is 2. The van der Waals surface area contributed by atoms with Crippen LogP contribution >= 0.6 is 0 Å². The van der Waals surface area contributed by atoms with Crippen LogP contribution in [0.1, 0.15) is 38.5 Å². The summed E-state index contributed by atoms with van der Waals surface area (Å²) in [5.74, 6) is 1.39. The molecular formula is C10H18N4. The number of nitrogens with zero attached hydrogens (tertiary/aromatic N) is 2. The second kappa shape index (κ2) is 3.98. The molecule has 0 aromatic rings. The zero-order chi connectivity index (χ0) is 9.97. The van der Waals surface area contributed by atoms with Gasteiger partial charge >= 0.3 is 0 Å². The van der Waals surface area contributed by atoms with E-state index in [4.69, 9.17) is 10.8 Å². The summed E-state index contributed by atoms with van der Waals surface area (Å²) in [5, 5.41) is 19.7. The van der Waals surface area contributed by atoms with Gasteiger partial charge in [-0.1, -0.05) is 0 Å². The van der Waals surface area contributed by atoms with Crippen molar-refractivity contribution in [3.05, 3.63) is 0 Å². The molecule has 0 aliphatic carbocycles. The fourth-order valence-electron chi connectivity index (χ4n) is 2.17. The van der Waals surface area contributed by atoms with E-state index in [0.717, 1.165) is 51.6 Å². The van der Waals surface area contributed by atoms with Gasteiger partial charge in [0.15, 0.2) is 0 Å². The van der Waals surface area contributed by atoms with Gasteiger partial charge in [0.2, 0.25) is 0 Å². The number of piperidine rings is 2. The molecule has 2 rings (SSSR count). The largest absolute Gasteiger partial charge is 0.287 e. The molecule has 2 saturated heterocycles. The Hall–Kier alpha value is -1.06. The molecule has 2 N–H and O–H groups in total. The van der Waals surface area contributed by atoms with Crippen molar-refractivity contribution in [1.29, 1.82) is 10.8 Å². The molecule has 2 aliphatic heterocycles. The molecule has 4 heteroatoms. The van der Waals surface area contributed by atoms with Gasteiger partial charge in [0.05, 0.1) is 0 Å². The van der Waals surface area contributed by atoms with Gasteiger partial charge in [-0.15, -0.1) is 0 Å². The number of nitrogens with one attached hydrogen (secondary N) is 2. The molecule has 0 bridgehead atoms. The number of rotatable bonds is 1. The topological polar surface area (TPSA) is 54.2 Å². The fourth-order valence-corrected chi connectivity index (χ4v) is 2.17. The molecule has 78 valence electrons. The molecule has 0 atom stereocenters. The van der Waals surface area contributed by atoms with Crippen molar-refractivity contribution in [2.24, 2.45) is 0 Å². The molecular weight excluding hydrogens is 176 g/mol. The van der Waals surface area contributed by atoms with Crippen molar-refractivity contribution in [3.8, 4) is 0 Å². The first kappa shape index (κ1) is 9.49. The predicted molar refractivity (Wildman–Crippen MR) is 56.6 cm³/mol. The van der Waals surface area contributed by atoms with Crippen LogP contribution in [-0.4, -0.2) is 34.8 Å². The van der Waals surface area contributed by atoms with Crippen LogP contribution in [0.2, 0.25) is 0 Å². The van der Waals surface area contributed by atoms with E-state index in [1.165, 1.54) is 0 Å². The number of hydrogen-bond donors (Lipinski definition) is 2. The van der Waals surface area contributed by atoms with E-state index in [-0.39, 0.29) is 0 Å². The van der Waals surface area contributed by atoms with Crippen molar-refractivity contribution < 1.29 is 0 Å². The van der Waals surface area contributed by atoms with Gasteiger partial charge in [-0.25, -0.2) is 0 Å². The average Bonchev–Trinajstić information content (AvgIpc) is 2.20. The molecule has 0 unspecified atom stereocenters. The summed E-state index contributed by atoms with van der Waals surface area (Å²) >= 11 is 0. The lowest BCUT2D eigenvalue weighted by Crippen LogP contribution is -2.52. The van der Waals surface area contributed by atoms with Crippen molar-refractivity contribution in [1.82, 2.24) is 10.0 Å². The van der Waals surface area contributed by atoms with E-state index < -0.39 is 0 Å². The molecule has 2 fully saturated rings. The van der Waals surface area contributed by atoms with E-state index in [0.29, 0.717) is 11.7 Å². The van der Waals surface area contributed by atoms with E-state index in [1.54, 1.807) is 0 Å². The highest BCUT2D eigenvalue weighted by atomic mass is 15.6. The Kier molecular flexibility index (Phi) is 2.70. The smallest absolute Gasteiger partial charge is 0.115 e. The molecule has 0 amide bonds. The van der Waals surface area contributed by atoms with Crippen molar-refractivity contribution >= 4 is 11.7 Å². The summed E-state index contributed by atoms with van der Waals surface area (Å²) in [7, 11) is 0. The first-order chi connectivity index (χ1) is 6.79. The third-order valence-electron chi connectivity index (χ3n) is 2.98. The summed E-state index contributed by atoms with van der Waals surface area (Å²) in [6.45, 7) is 1.86. The van der Waals surface area contributed by atoms with E-state index in [1.807, 2.05) is 10.0 Å². The SMILES string of the molecule is N=C1CCCCN1N1CCCCC1=N. The van der Waals surface area contributed by atoms with Crippen LogP contribution in [0.5, 0.6) is 0 Å². The maximum absolute atomic E-state index is 7.86. The van der Waals surface area contributed by atoms with Crippen molar-refractivity contribution in [2.75, 3.05) is 13.1 Å². The molecule has 0 radical (unpaired) electrons. The summed E-state index contributed by atoms with van der Waals surface area (Å²) in [5.41, 5.74) is 0. The summed E-state index contributed by atoms with van der Waals surface area (Å²) in [6, 6.07) is 0. The second-order valence-electron chi connectivity index (χ2n) is 4.05. The first-order valence-electron chi connectivity index (χ1n) is 5.49. The highest BCUT2D eigenvalue weighted by molar-refractivity contribution is 5.85. The standard InChI is InChI=1S/C10H18N4/c11-9-5-1-3-7-13(9)14-8-4-2-6-10(14)12/h11-12H,1-8H2. The minimum Gasteiger partial charge on any atom is -0.287 e. The average molecular weight is 194 g/mol. The lowest BCUT2D eigenvalue weighted by molar-refractivity contribution is 0.0992. The Morgan fingerprint density at radius 3 is 1.50 bits per heavy atom. The Bertz CT molecular complexity index is 223. The summed E-state index contributed by atoms with van der Waals surface area (Å²) < 4.78 is 0. The minimum atomic E-state index is 0.697. The Morgan fingerprint density at radius 1 is 0.714 bits per heavy atom. The summed E-state index contributed by atoms with van der Waals surface area (Å²) in [6.07, 6.45) is 6.35. The van der Waals surface area contributed by atoms with Gasteiger partial charge in [-0.2, -0.15) is 0 Å². The lowest BCUT2D eigenvalue weighted by atomic mass is 10.1. The number of hydrogen-bond acceptors (Lipinski definition) is 2. The molecule has 2 heterocycles. The van der Waals surface area contributed by atoms with Gasteiger partial charge in [-0.05, 0) is 25.7 Å². The predicted octanol–water partition coefficient (Wildman–Crippen LogP) is 1.83. The molecule has 0 aromatic heterocycles. The summed E-state index contributed by atoms with van der Waals surface area (Å²) in [4.78, 5) is 0. The van der Waals surface area contributed by atoms with E-state index >= 15 is 0 Å². The van der Waals surface area contributed by atoms with Crippen LogP contribution in [0.15, 0.2) is 0 Å². The maximum atomic E-state index is 7.86. The van der Waals surface area contributed by atoms with Gasteiger partial charge < -0.3 is 0 Å². The highest BCUT2D eigenvalue weighted by Crippen LogP contribution is 2.19. The first-order valence-corrected chi connectivity index (χ1v) is 5.49. The van der Waals surface area contributed by atoms with Crippen LogP contribution < -0.4 is 0 Å². The molecule has 0 spiro atoms. The third kappa shape index (κ3) is 1.74. The van der Waals surface area contributed by atoms with Gasteiger partial charge in [0.25, 0.3) is 0 Å². The minimum absolute atomic E-state index is 0.697. The second-order valence-corrected chi connectivity index (χ2v) is 4.05. The van der Waals surface area contributed by atoms with Crippen LogP contribution in [0.4, 0.5) is 0 Å². The lowest BCUT2D eigenvalue weighted by Gasteiger charge is -2.42. The monoisotopic (exact) mass is 194 g/mol. The number of hydrazine groups is 1. The van der Waals surface area contributed by atoms with E-state index in [9.17, 15) is 0 Å². The Balaban J connectivity index is 2.04. The van der Waals surface area contributed by atoms with Gasteiger partial charge in [0.1, 0.15) is 11.7 Å². The quantitative estimate of drug-likeness (QED) is 0.669. The molecule has 0 aromatic carbocycles. The maximum Gasteiger partial charge on any atom is 0.115 e. The van der Waals surface area contributed by atoms with Crippen LogP contribution in [-0.2, 0) is 0 Å². The molecule has 0 saturated carbocycles. The highest BCUT2D eigenvalue weighted by Gasteiger charge is 2.25. The normalized spacial score (nSPS) is 24.3. The van der Waals surface area contributed by atoms with Crippen LogP contribution in [0, 0.1) is 10.8 Å². The Morgan fingerprint density at radius 2 is 1.14 bits per heavy atom. The third-order valence-corrected chi connectivity index (χ3v) is 2.98. The fraction of sp³-hybridized carbons (Fsp3) is 0.800. The zero-order valence-corrected chi connectivity index (χ0v) is 8.55. The molecule has 2 aliphatic rings. The van der Waals surface area contributed by atoms with Crippen molar-refractivity contribution in [2.45, 2.75) is 38.5 Å². The van der Waals surface area contributed by atoms with Gasteiger partial charge in [-0.3, -0.25) is 20.8 Å². The zero-order valence-electron chi connectivity index (χ0n) is 8.55.